The standard InChI is InChI=1S/C20H20N4O4/c1-13-10-18(28-23-13)20(19(26)27)6-8-24(9-7-20)14-11-16(22-21-12-14)15-4-2-3-5-17(15)25/h2-5,10-12,25H,6-9H2,1H3,(H,26,27). The van der Waals surface area contributed by atoms with Crippen molar-refractivity contribution >= 4 is 11.7 Å². The molecule has 0 spiro atoms. The quantitative estimate of drug-likeness (QED) is 0.710. The highest BCUT2D eigenvalue weighted by molar-refractivity contribution is 5.81. The Hall–Kier alpha value is -3.42. The predicted molar refractivity (Wildman–Crippen MR) is 101 cm³/mol. The summed E-state index contributed by atoms with van der Waals surface area (Å²) in [6.07, 6.45) is 2.44. The maximum absolute atomic E-state index is 12.0. The van der Waals surface area contributed by atoms with Gasteiger partial charge in [0.2, 0.25) is 0 Å². The average molecular weight is 380 g/mol. The molecule has 3 aromatic rings. The summed E-state index contributed by atoms with van der Waals surface area (Å²) in [5, 5.41) is 32.0. The van der Waals surface area contributed by atoms with Crippen LogP contribution >= 0.6 is 0 Å². The van der Waals surface area contributed by atoms with Gasteiger partial charge < -0.3 is 19.6 Å². The van der Waals surface area contributed by atoms with E-state index >= 15 is 0 Å². The van der Waals surface area contributed by atoms with Crippen molar-refractivity contribution in [2.75, 3.05) is 18.0 Å². The summed E-state index contributed by atoms with van der Waals surface area (Å²) in [5.74, 6) is -0.357. The van der Waals surface area contributed by atoms with E-state index in [4.69, 9.17) is 4.52 Å². The first-order valence-electron chi connectivity index (χ1n) is 9.03. The number of para-hydroxylation sites is 1. The fourth-order valence-electron chi connectivity index (χ4n) is 3.65. The molecule has 2 N–H and O–H groups in total. The van der Waals surface area contributed by atoms with Crippen molar-refractivity contribution in [3.63, 3.8) is 0 Å². The number of aromatic nitrogens is 3. The molecule has 1 saturated heterocycles. The summed E-state index contributed by atoms with van der Waals surface area (Å²) in [7, 11) is 0. The fraction of sp³-hybridized carbons (Fsp3) is 0.300. The predicted octanol–water partition coefficient (Wildman–Crippen LogP) is 2.77. The number of phenols is 1. The summed E-state index contributed by atoms with van der Waals surface area (Å²) in [4.78, 5) is 14.1. The average Bonchev–Trinajstić information content (AvgIpc) is 3.15. The number of nitrogens with zero attached hydrogens (tertiary/aromatic N) is 4. The third-order valence-corrected chi connectivity index (χ3v) is 5.31. The van der Waals surface area contributed by atoms with Crippen molar-refractivity contribution in [2.24, 2.45) is 0 Å². The SMILES string of the molecule is Cc1cc(C2(C(=O)O)CCN(c3cnnc(-c4ccccc4O)c3)CC2)on1. The number of carboxylic acid groups (broad SMARTS) is 1. The molecule has 1 fully saturated rings. The van der Waals surface area contributed by atoms with Crippen molar-refractivity contribution in [1.29, 1.82) is 0 Å². The number of aromatic hydroxyl groups is 1. The van der Waals surface area contributed by atoms with E-state index in [9.17, 15) is 15.0 Å². The number of aliphatic carboxylic acids is 1. The number of phenolic OH excluding ortho intramolecular Hbond substituents is 1. The van der Waals surface area contributed by atoms with Gasteiger partial charge in [0.15, 0.2) is 5.76 Å². The Kier molecular flexibility index (Phi) is 4.46. The van der Waals surface area contributed by atoms with Gasteiger partial charge in [-0.25, -0.2) is 0 Å². The molecule has 8 nitrogen and oxygen atoms in total. The Balaban J connectivity index is 1.58. The molecule has 0 atom stereocenters. The lowest BCUT2D eigenvalue weighted by Crippen LogP contribution is -2.47. The topological polar surface area (TPSA) is 113 Å². The Bertz CT molecular complexity index is 1010. The molecule has 144 valence electrons. The lowest BCUT2D eigenvalue weighted by atomic mass is 9.76. The van der Waals surface area contributed by atoms with Crippen molar-refractivity contribution in [3.8, 4) is 17.0 Å². The summed E-state index contributed by atoms with van der Waals surface area (Å²) >= 11 is 0. The van der Waals surface area contributed by atoms with Crippen LogP contribution in [0.2, 0.25) is 0 Å². The third kappa shape index (κ3) is 3.06. The molecule has 2 aromatic heterocycles. The van der Waals surface area contributed by atoms with Gasteiger partial charge in [-0.3, -0.25) is 4.79 Å². The van der Waals surface area contributed by atoms with Crippen molar-refractivity contribution in [1.82, 2.24) is 15.4 Å². The molecule has 0 aliphatic carbocycles. The molecule has 0 bridgehead atoms. The zero-order valence-corrected chi connectivity index (χ0v) is 15.4. The van der Waals surface area contributed by atoms with Gasteiger partial charge >= 0.3 is 5.97 Å². The smallest absolute Gasteiger partial charge is 0.317 e. The van der Waals surface area contributed by atoms with Gasteiger partial charge in [-0.15, -0.1) is 0 Å². The number of rotatable bonds is 4. The first-order chi connectivity index (χ1) is 13.5. The summed E-state index contributed by atoms with van der Waals surface area (Å²) in [6, 6.07) is 10.5. The number of anilines is 1. The normalized spacial score (nSPS) is 16.1. The summed E-state index contributed by atoms with van der Waals surface area (Å²) in [5.41, 5.74) is 1.60. The molecule has 1 aliphatic rings. The van der Waals surface area contributed by atoms with E-state index in [1.54, 1.807) is 37.4 Å². The van der Waals surface area contributed by atoms with Crippen LogP contribution in [0.1, 0.15) is 24.3 Å². The Morgan fingerprint density at radius 2 is 1.96 bits per heavy atom. The second kappa shape index (κ2) is 6.95. The highest BCUT2D eigenvalue weighted by Crippen LogP contribution is 2.38. The monoisotopic (exact) mass is 380 g/mol. The van der Waals surface area contributed by atoms with Gasteiger partial charge in [0.25, 0.3) is 0 Å². The van der Waals surface area contributed by atoms with E-state index in [0.717, 1.165) is 5.69 Å². The van der Waals surface area contributed by atoms with Crippen LogP contribution in [0.15, 0.2) is 47.1 Å². The van der Waals surface area contributed by atoms with Crippen LogP contribution in [0.3, 0.4) is 0 Å². The number of carbonyl (C=O) groups is 1. The van der Waals surface area contributed by atoms with E-state index in [1.807, 2.05) is 12.1 Å². The summed E-state index contributed by atoms with van der Waals surface area (Å²) < 4.78 is 5.30. The van der Waals surface area contributed by atoms with Crippen LogP contribution in [0.4, 0.5) is 5.69 Å². The first-order valence-corrected chi connectivity index (χ1v) is 9.03. The molecular weight excluding hydrogens is 360 g/mol. The second-order valence-electron chi connectivity index (χ2n) is 7.02. The molecule has 1 aliphatic heterocycles. The minimum atomic E-state index is -1.07. The van der Waals surface area contributed by atoms with E-state index in [1.165, 1.54) is 0 Å². The maximum atomic E-state index is 12.0. The van der Waals surface area contributed by atoms with Gasteiger partial charge in [-0.05, 0) is 38.0 Å². The summed E-state index contributed by atoms with van der Waals surface area (Å²) in [6.45, 7) is 2.83. The second-order valence-corrected chi connectivity index (χ2v) is 7.02. The van der Waals surface area contributed by atoms with Crippen molar-refractivity contribution in [2.45, 2.75) is 25.2 Å². The van der Waals surface area contributed by atoms with E-state index in [-0.39, 0.29) is 5.75 Å². The van der Waals surface area contributed by atoms with Gasteiger partial charge in [0, 0.05) is 24.7 Å². The lowest BCUT2D eigenvalue weighted by Gasteiger charge is -2.38. The number of aryl methyl sites for hydroxylation is 1. The van der Waals surface area contributed by atoms with Crippen molar-refractivity contribution in [3.05, 3.63) is 54.0 Å². The van der Waals surface area contributed by atoms with Crippen LogP contribution in [0.5, 0.6) is 5.75 Å². The largest absolute Gasteiger partial charge is 0.507 e. The Labute approximate surface area is 161 Å². The Morgan fingerprint density at radius 3 is 2.61 bits per heavy atom. The van der Waals surface area contributed by atoms with Gasteiger partial charge in [0.1, 0.15) is 11.2 Å². The molecule has 3 heterocycles. The molecule has 0 saturated carbocycles. The van der Waals surface area contributed by atoms with Gasteiger partial charge in [-0.1, -0.05) is 17.3 Å². The number of carboxylic acids is 1. The van der Waals surface area contributed by atoms with Crippen LogP contribution in [-0.4, -0.2) is 44.6 Å². The maximum Gasteiger partial charge on any atom is 0.317 e. The van der Waals surface area contributed by atoms with Crippen LogP contribution in [-0.2, 0) is 10.2 Å². The first kappa shape index (κ1) is 18.0. The number of benzene rings is 1. The van der Waals surface area contributed by atoms with Crippen LogP contribution in [0, 0.1) is 6.92 Å². The minimum Gasteiger partial charge on any atom is -0.507 e. The zero-order chi connectivity index (χ0) is 19.7. The molecule has 28 heavy (non-hydrogen) atoms. The number of piperidine rings is 1. The molecule has 1 aromatic carbocycles. The van der Waals surface area contributed by atoms with Gasteiger partial charge in [0.05, 0.1) is 23.3 Å². The zero-order valence-electron chi connectivity index (χ0n) is 15.4. The number of hydrogen-bond donors (Lipinski definition) is 2. The van der Waals surface area contributed by atoms with Gasteiger partial charge in [-0.2, -0.15) is 10.2 Å². The third-order valence-electron chi connectivity index (χ3n) is 5.31. The highest BCUT2D eigenvalue weighted by atomic mass is 16.5. The number of hydrogen-bond acceptors (Lipinski definition) is 7. The van der Waals surface area contributed by atoms with E-state index < -0.39 is 11.4 Å². The lowest BCUT2D eigenvalue weighted by molar-refractivity contribution is -0.145. The van der Waals surface area contributed by atoms with Crippen LogP contribution < -0.4 is 4.90 Å². The van der Waals surface area contributed by atoms with Crippen molar-refractivity contribution < 1.29 is 19.5 Å². The highest BCUT2D eigenvalue weighted by Gasteiger charge is 2.46. The molecule has 0 amide bonds. The van der Waals surface area contributed by atoms with E-state index in [0.29, 0.717) is 48.6 Å². The fourth-order valence-corrected chi connectivity index (χ4v) is 3.65. The molecule has 0 unspecified atom stereocenters. The molecule has 8 heteroatoms. The van der Waals surface area contributed by atoms with E-state index in [2.05, 4.69) is 20.3 Å². The Morgan fingerprint density at radius 1 is 1.21 bits per heavy atom. The minimum absolute atomic E-state index is 0.137. The molecular formula is C20H20N4O4. The molecule has 0 radical (unpaired) electrons. The van der Waals surface area contributed by atoms with Crippen LogP contribution in [0.25, 0.3) is 11.3 Å². The molecule has 4 rings (SSSR count).